The normalized spacial score (nSPS) is 11.1. The van der Waals surface area contributed by atoms with Crippen molar-refractivity contribution in [1.29, 1.82) is 0 Å². The van der Waals surface area contributed by atoms with Gasteiger partial charge in [0.05, 0.1) is 17.1 Å². The van der Waals surface area contributed by atoms with Crippen molar-refractivity contribution >= 4 is 56.4 Å². The Balaban J connectivity index is 1.72. The topological polar surface area (TPSA) is 75.7 Å². The molecule has 3 rings (SSSR count). The first kappa shape index (κ1) is 24.2. The maximum atomic E-state index is 13.3. The van der Waals surface area contributed by atoms with Crippen LogP contribution in [0, 0.1) is 0 Å². The number of rotatable bonds is 9. The predicted molar refractivity (Wildman–Crippen MR) is 127 cm³/mol. The van der Waals surface area contributed by atoms with Crippen molar-refractivity contribution in [2.75, 3.05) is 24.0 Å². The number of hydrogen-bond acceptors (Lipinski definition) is 4. The van der Waals surface area contributed by atoms with Crippen LogP contribution in [0.25, 0.3) is 0 Å². The molecule has 0 atom stereocenters. The maximum absolute atomic E-state index is 13.3. The van der Waals surface area contributed by atoms with Gasteiger partial charge < -0.3 is 10.1 Å². The van der Waals surface area contributed by atoms with Crippen LogP contribution in [0.15, 0.2) is 77.7 Å². The highest BCUT2D eigenvalue weighted by atomic mass is 35.5. The van der Waals surface area contributed by atoms with Crippen molar-refractivity contribution in [1.82, 2.24) is 5.32 Å². The lowest BCUT2D eigenvalue weighted by atomic mass is 10.3. The summed E-state index contributed by atoms with van der Waals surface area (Å²) in [5.74, 6) is 0.0887. The van der Waals surface area contributed by atoms with Gasteiger partial charge in [0.25, 0.3) is 10.0 Å². The molecule has 0 saturated carbocycles. The summed E-state index contributed by atoms with van der Waals surface area (Å²) in [6.45, 7) is -0.0897. The molecule has 0 aliphatic carbocycles. The molecule has 10 heteroatoms. The first-order chi connectivity index (χ1) is 15.3. The number of carbonyl (C=O) groups excluding carboxylic acids is 1. The van der Waals surface area contributed by atoms with Crippen molar-refractivity contribution < 1.29 is 17.9 Å². The molecular weight excluding hydrogens is 495 g/mol. The molecule has 0 aliphatic heterocycles. The molecule has 0 spiro atoms. The SMILES string of the molecule is O=C(CN(c1cc(Cl)cc(Cl)c1)S(=O)(=O)c1ccccc1)NCCOc1ccc(Cl)cc1. The average Bonchev–Trinajstić information content (AvgIpc) is 2.76. The molecule has 0 radical (unpaired) electrons. The second-order valence-corrected chi connectivity index (χ2v) is 9.78. The van der Waals surface area contributed by atoms with Gasteiger partial charge in [0, 0.05) is 15.1 Å². The number of halogens is 3. The van der Waals surface area contributed by atoms with E-state index >= 15 is 0 Å². The van der Waals surface area contributed by atoms with E-state index in [-0.39, 0.29) is 33.8 Å². The molecule has 0 bridgehead atoms. The van der Waals surface area contributed by atoms with Gasteiger partial charge in [-0.15, -0.1) is 0 Å². The van der Waals surface area contributed by atoms with Gasteiger partial charge in [0.15, 0.2) is 0 Å². The van der Waals surface area contributed by atoms with Crippen LogP contribution in [-0.4, -0.2) is 34.0 Å². The van der Waals surface area contributed by atoms with Crippen LogP contribution in [0.1, 0.15) is 0 Å². The monoisotopic (exact) mass is 512 g/mol. The Bertz CT molecular complexity index is 1150. The summed E-state index contributed by atoms with van der Waals surface area (Å²) in [5.41, 5.74) is 0.180. The Labute approximate surface area is 201 Å². The highest BCUT2D eigenvalue weighted by molar-refractivity contribution is 7.92. The number of hydrogen-bond donors (Lipinski definition) is 1. The number of anilines is 1. The van der Waals surface area contributed by atoms with Crippen LogP contribution in [0.4, 0.5) is 5.69 Å². The quantitative estimate of drug-likeness (QED) is 0.407. The highest BCUT2D eigenvalue weighted by Crippen LogP contribution is 2.29. The van der Waals surface area contributed by atoms with Gasteiger partial charge in [-0.1, -0.05) is 53.0 Å². The molecule has 3 aromatic carbocycles. The van der Waals surface area contributed by atoms with Crippen LogP contribution in [0.3, 0.4) is 0 Å². The first-order valence-electron chi connectivity index (χ1n) is 9.44. The van der Waals surface area contributed by atoms with Crippen molar-refractivity contribution in [2.24, 2.45) is 0 Å². The van der Waals surface area contributed by atoms with E-state index < -0.39 is 22.5 Å². The lowest BCUT2D eigenvalue weighted by Crippen LogP contribution is -2.42. The minimum absolute atomic E-state index is 0.0370. The Morgan fingerprint density at radius 1 is 0.875 bits per heavy atom. The Morgan fingerprint density at radius 2 is 1.50 bits per heavy atom. The van der Waals surface area contributed by atoms with Gasteiger partial charge in [-0.3, -0.25) is 9.10 Å². The Kier molecular flexibility index (Phi) is 8.26. The summed E-state index contributed by atoms with van der Waals surface area (Å²) in [5, 5.41) is 3.74. The number of carbonyl (C=O) groups is 1. The molecular formula is C22H19Cl3N2O4S. The number of sulfonamides is 1. The molecule has 1 N–H and O–H groups in total. The zero-order chi connectivity index (χ0) is 23.1. The average molecular weight is 514 g/mol. The first-order valence-corrected chi connectivity index (χ1v) is 12.0. The molecule has 168 valence electrons. The third-order valence-corrected chi connectivity index (χ3v) is 6.74. The van der Waals surface area contributed by atoms with Gasteiger partial charge >= 0.3 is 0 Å². The lowest BCUT2D eigenvalue weighted by molar-refractivity contribution is -0.119. The van der Waals surface area contributed by atoms with Gasteiger partial charge in [-0.2, -0.15) is 0 Å². The molecule has 0 unspecified atom stereocenters. The molecule has 0 aromatic heterocycles. The number of amides is 1. The largest absolute Gasteiger partial charge is 0.492 e. The molecule has 6 nitrogen and oxygen atoms in total. The zero-order valence-corrected chi connectivity index (χ0v) is 19.8. The van der Waals surface area contributed by atoms with Gasteiger partial charge in [-0.05, 0) is 54.6 Å². The van der Waals surface area contributed by atoms with Crippen LogP contribution >= 0.6 is 34.8 Å². The molecule has 3 aromatic rings. The zero-order valence-electron chi connectivity index (χ0n) is 16.7. The minimum atomic E-state index is -4.05. The highest BCUT2D eigenvalue weighted by Gasteiger charge is 2.27. The van der Waals surface area contributed by atoms with Gasteiger partial charge in [0.1, 0.15) is 18.9 Å². The van der Waals surface area contributed by atoms with E-state index in [2.05, 4.69) is 5.32 Å². The molecule has 0 aliphatic rings. The fourth-order valence-electron chi connectivity index (χ4n) is 2.79. The summed E-state index contributed by atoms with van der Waals surface area (Å²) < 4.78 is 33.0. The van der Waals surface area contributed by atoms with Crippen LogP contribution in [0.2, 0.25) is 15.1 Å². The summed E-state index contributed by atoms with van der Waals surface area (Å²) in [6, 6.07) is 19.0. The number of benzene rings is 3. The smallest absolute Gasteiger partial charge is 0.264 e. The van der Waals surface area contributed by atoms with E-state index in [1.165, 1.54) is 30.3 Å². The van der Waals surface area contributed by atoms with Crippen molar-refractivity contribution in [3.05, 3.63) is 87.9 Å². The molecule has 0 fully saturated rings. The number of nitrogens with one attached hydrogen (secondary N) is 1. The van der Waals surface area contributed by atoms with Crippen molar-refractivity contribution in [3.8, 4) is 5.75 Å². The standard InChI is InChI=1S/C22H19Cl3N2O4S/c23-16-6-8-20(9-7-16)31-11-10-26-22(28)15-27(19-13-17(24)12-18(25)14-19)32(29,30)21-4-2-1-3-5-21/h1-9,12-14H,10-11,15H2,(H,26,28). The van der Waals surface area contributed by atoms with Crippen molar-refractivity contribution in [3.63, 3.8) is 0 Å². The molecule has 0 saturated heterocycles. The number of ether oxygens (including phenoxy) is 1. The van der Waals surface area contributed by atoms with E-state index in [1.807, 2.05) is 0 Å². The fourth-order valence-corrected chi connectivity index (χ4v) is 4.86. The van der Waals surface area contributed by atoms with E-state index in [1.54, 1.807) is 42.5 Å². The third kappa shape index (κ3) is 6.53. The summed E-state index contributed by atoms with van der Waals surface area (Å²) in [4.78, 5) is 12.6. The summed E-state index contributed by atoms with van der Waals surface area (Å²) in [7, 11) is -4.05. The van der Waals surface area contributed by atoms with E-state index in [4.69, 9.17) is 39.5 Å². The fraction of sp³-hybridized carbons (Fsp3) is 0.136. The van der Waals surface area contributed by atoms with E-state index in [0.717, 1.165) is 4.31 Å². The summed E-state index contributed by atoms with van der Waals surface area (Å²) >= 11 is 18.0. The van der Waals surface area contributed by atoms with Crippen LogP contribution in [-0.2, 0) is 14.8 Å². The van der Waals surface area contributed by atoms with Crippen LogP contribution < -0.4 is 14.4 Å². The molecule has 1 amide bonds. The Morgan fingerprint density at radius 3 is 2.12 bits per heavy atom. The van der Waals surface area contributed by atoms with Gasteiger partial charge in [0.2, 0.25) is 5.91 Å². The molecule has 32 heavy (non-hydrogen) atoms. The summed E-state index contributed by atoms with van der Waals surface area (Å²) in [6.07, 6.45) is 0. The van der Waals surface area contributed by atoms with E-state index in [9.17, 15) is 13.2 Å². The van der Waals surface area contributed by atoms with Gasteiger partial charge in [-0.25, -0.2) is 8.42 Å². The predicted octanol–water partition coefficient (Wildman–Crippen LogP) is 5.04. The van der Waals surface area contributed by atoms with Crippen molar-refractivity contribution in [2.45, 2.75) is 4.90 Å². The Hall–Kier alpha value is -2.45. The second-order valence-electron chi connectivity index (χ2n) is 6.60. The third-order valence-electron chi connectivity index (χ3n) is 4.26. The minimum Gasteiger partial charge on any atom is -0.492 e. The lowest BCUT2D eigenvalue weighted by Gasteiger charge is -2.24. The number of nitrogens with zero attached hydrogens (tertiary/aromatic N) is 1. The molecule has 0 heterocycles. The van der Waals surface area contributed by atoms with Crippen LogP contribution in [0.5, 0.6) is 5.75 Å². The maximum Gasteiger partial charge on any atom is 0.264 e. The van der Waals surface area contributed by atoms with E-state index in [0.29, 0.717) is 10.8 Å². The second kappa shape index (κ2) is 10.9.